The Kier molecular flexibility index (Phi) is 5.41. The smallest absolute Gasteiger partial charge is 0.274 e. The molecule has 1 amide bonds. The number of nitrogens with one attached hydrogen (secondary N) is 1. The van der Waals surface area contributed by atoms with E-state index in [1.165, 1.54) is 0 Å². The molecule has 8 nitrogen and oxygen atoms in total. The lowest BCUT2D eigenvalue weighted by atomic mass is 10.1. The molecule has 0 spiro atoms. The zero-order valence-electron chi connectivity index (χ0n) is 16.9. The predicted molar refractivity (Wildman–Crippen MR) is 112 cm³/mol. The predicted octanol–water partition coefficient (Wildman–Crippen LogP) is 3.61. The van der Waals surface area contributed by atoms with Crippen molar-refractivity contribution in [2.45, 2.75) is 33.9 Å². The third-order valence-corrected chi connectivity index (χ3v) is 5.18. The fraction of sp³-hybridized carbons (Fsp3) is 0.238. The summed E-state index contributed by atoms with van der Waals surface area (Å²) in [6.07, 6.45) is 3.22. The van der Waals surface area contributed by atoms with Crippen LogP contribution in [0.3, 0.4) is 0 Å². The monoisotopic (exact) mass is 424 g/mol. The van der Waals surface area contributed by atoms with Gasteiger partial charge in [-0.3, -0.25) is 9.48 Å². The number of hydrogen-bond donors (Lipinski definition) is 1. The van der Waals surface area contributed by atoms with Gasteiger partial charge in [0.05, 0.1) is 29.1 Å². The van der Waals surface area contributed by atoms with Crippen molar-refractivity contribution in [1.29, 1.82) is 0 Å². The standard InChI is InChI=1S/C21H21ClN6O2/c1-13-18(14(2)28(25-13)17-7-5-4-6-8-17)10-23-21(29)20-19(15(3)30-26-20)12-27-11-16(22)9-24-27/h4-9,11H,10,12H2,1-3H3,(H,23,29). The molecular weight excluding hydrogens is 404 g/mol. The summed E-state index contributed by atoms with van der Waals surface area (Å²) in [6, 6.07) is 9.88. The number of aryl methyl sites for hydroxylation is 2. The Morgan fingerprint density at radius 1 is 1.17 bits per heavy atom. The van der Waals surface area contributed by atoms with Crippen LogP contribution in [-0.2, 0) is 13.1 Å². The molecule has 154 valence electrons. The first kappa shape index (κ1) is 19.9. The van der Waals surface area contributed by atoms with Crippen LogP contribution in [0.5, 0.6) is 0 Å². The number of hydrogen-bond acceptors (Lipinski definition) is 5. The molecule has 1 aromatic carbocycles. The van der Waals surface area contributed by atoms with Gasteiger partial charge in [-0.15, -0.1) is 0 Å². The highest BCUT2D eigenvalue weighted by Gasteiger charge is 2.21. The number of aromatic nitrogens is 5. The van der Waals surface area contributed by atoms with Crippen molar-refractivity contribution in [3.8, 4) is 5.69 Å². The van der Waals surface area contributed by atoms with Crippen LogP contribution in [0.1, 0.15) is 38.8 Å². The summed E-state index contributed by atoms with van der Waals surface area (Å²) >= 11 is 5.93. The summed E-state index contributed by atoms with van der Waals surface area (Å²) in [5, 5.41) is 16.2. The Hall–Kier alpha value is -3.39. The molecule has 0 fully saturated rings. The average molecular weight is 425 g/mol. The van der Waals surface area contributed by atoms with E-state index in [2.05, 4.69) is 20.7 Å². The molecule has 9 heteroatoms. The molecule has 0 atom stereocenters. The zero-order valence-corrected chi connectivity index (χ0v) is 17.6. The summed E-state index contributed by atoms with van der Waals surface area (Å²) < 4.78 is 8.77. The number of nitrogens with zero attached hydrogens (tertiary/aromatic N) is 5. The maximum absolute atomic E-state index is 12.8. The lowest BCUT2D eigenvalue weighted by Crippen LogP contribution is -2.25. The fourth-order valence-corrected chi connectivity index (χ4v) is 3.50. The van der Waals surface area contributed by atoms with E-state index in [9.17, 15) is 4.79 Å². The zero-order chi connectivity index (χ0) is 21.3. The van der Waals surface area contributed by atoms with E-state index in [0.717, 1.165) is 22.6 Å². The SMILES string of the molecule is Cc1nn(-c2ccccc2)c(C)c1CNC(=O)c1noc(C)c1Cn1cc(Cl)cn1. The summed E-state index contributed by atoms with van der Waals surface area (Å²) in [5.41, 5.74) is 4.68. The molecule has 0 aliphatic carbocycles. The fourth-order valence-electron chi connectivity index (χ4n) is 3.35. The van der Waals surface area contributed by atoms with Crippen LogP contribution in [-0.4, -0.2) is 30.6 Å². The van der Waals surface area contributed by atoms with Crippen LogP contribution in [0.15, 0.2) is 47.2 Å². The topological polar surface area (TPSA) is 90.8 Å². The number of amides is 1. The van der Waals surface area contributed by atoms with Crippen molar-refractivity contribution in [2.24, 2.45) is 0 Å². The Bertz CT molecular complexity index is 1190. The first-order valence-electron chi connectivity index (χ1n) is 9.46. The molecule has 3 aromatic heterocycles. The number of para-hydroxylation sites is 1. The molecule has 4 aromatic rings. The van der Waals surface area contributed by atoms with Crippen LogP contribution in [0.4, 0.5) is 0 Å². The molecule has 0 aliphatic heterocycles. The highest BCUT2D eigenvalue weighted by Crippen LogP contribution is 2.19. The van der Waals surface area contributed by atoms with Crippen LogP contribution < -0.4 is 5.32 Å². The molecular formula is C21H21ClN6O2. The molecule has 1 N–H and O–H groups in total. The Balaban J connectivity index is 1.52. The van der Waals surface area contributed by atoms with E-state index in [1.807, 2.05) is 48.9 Å². The lowest BCUT2D eigenvalue weighted by Gasteiger charge is -2.07. The number of carbonyl (C=O) groups is 1. The average Bonchev–Trinajstić information content (AvgIpc) is 3.40. The van der Waals surface area contributed by atoms with Gasteiger partial charge in [0.15, 0.2) is 5.69 Å². The highest BCUT2D eigenvalue weighted by atomic mass is 35.5. The van der Waals surface area contributed by atoms with Gasteiger partial charge >= 0.3 is 0 Å². The molecule has 0 saturated carbocycles. The third-order valence-electron chi connectivity index (χ3n) is 4.99. The molecule has 30 heavy (non-hydrogen) atoms. The molecule has 0 bridgehead atoms. The second kappa shape index (κ2) is 8.16. The van der Waals surface area contributed by atoms with Crippen LogP contribution >= 0.6 is 11.6 Å². The van der Waals surface area contributed by atoms with Gasteiger partial charge in [-0.2, -0.15) is 10.2 Å². The molecule has 0 unspecified atom stereocenters. The number of halogens is 1. The lowest BCUT2D eigenvalue weighted by molar-refractivity contribution is 0.0941. The second-order valence-electron chi connectivity index (χ2n) is 7.00. The van der Waals surface area contributed by atoms with Crippen LogP contribution in [0.2, 0.25) is 5.02 Å². The molecule has 0 radical (unpaired) electrons. The van der Waals surface area contributed by atoms with Gasteiger partial charge < -0.3 is 9.84 Å². The van der Waals surface area contributed by atoms with Crippen molar-refractivity contribution in [2.75, 3.05) is 0 Å². The first-order valence-corrected chi connectivity index (χ1v) is 9.83. The van der Waals surface area contributed by atoms with Gasteiger partial charge in [0.1, 0.15) is 5.76 Å². The second-order valence-corrected chi connectivity index (χ2v) is 7.44. The minimum atomic E-state index is -0.314. The van der Waals surface area contributed by atoms with Gasteiger partial charge in [-0.05, 0) is 32.9 Å². The highest BCUT2D eigenvalue weighted by molar-refractivity contribution is 6.30. The van der Waals surface area contributed by atoms with Gasteiger partial charge in [-0.25, -0.2) is 4.68 Å². The van der Waals surface area contributed by atoms with E-state index >= 15 is 0 Å². The van der Waals surface area contributed by atoms with E-state index in [1.54, 1.807) is 24.0 Å². The van der Waals surface area contributed by atoms with Crippen LogP contribution in [0.25, 0.3) is 5.69 Å². The maximum Gasteiger partial charge on any atom is 0.274 e. The quantitative estimate of drug-likeness (QED) is 0.510. The minimum Gasteiger partial charge on any atom is -0.361 e. The summed E-state index contributed by atoms with van der Waals surface area (Å²) in [6.45, 7) is 6.36. The minimum absolute atomic E-state index is 0.241. The van der Waals surface area contributed by atoms with Crippen molar-refractivity contribution in [3.63, 3.8) is 0 Å². The molecule has 3 heterocycles. The largest absolute Gasteiger partial charge is 0.361 e. The number of carbonyl (C=O) groups excluding carboxylic acids is 1. The molecule has 4 rings (SSSR count). The van der Waals surface area contributed by atoms with Crippen molar-refractivity contribution in [3.05, 3.63) is 81.7 Å². The van der Waals surface area contributed by atoms with E-state index in [-0.39, 0.29) is 11.6 Å². The summed E-state index contributed by atoms with van der Waals surface area (Å²) in [4.78, 5) is 12.8. The van der Waals surface area contributed by atoms with Gasteiger partial charge in [0.25, 0.3) is 5.91 Å². The molecule has 0 saturated heterocycles. The third kappa shape index (κ3) is 3.86. The van der Waals surface area contributed by atoms with E-state index in [0.29, 0.717) is 29.4 Å². The van der Waals surface area contributed by atoms with Gasteiger partial charge in [0.2, 0.25) is 0 Å². The Morgan fingerprint density at radius 3 is 2.63 bits per heavy atom. The number of benzene rings is 1. The Morgan fingerprint density at radius 2 is 1.93 bits per heavy atom. The maximum atomic E-state index is 12.8. The number of rotatable bonds is 6. The molecule has 0 aliphatic rings. The van der Waals surface area contributed by atoms with Crippen molar-refractivity contribution >= 4 is 17.5 Å². The summed E-state index contributed by atoms with van der Waals surface area (Å²) in [5.74, 6) is 0.252. The first-order chi connectivity index (χ1) is 14.4. The summed E-state index contributed by atoms with van der Waals surface area (Å²) in [7, 11) is 0. The Labute approximate surface area is 178 Å². The van der Waals surface area contributed by atoms with Gasteiger partial charge in [0, 0.05) is 29.6 Å². The van der Waals surface area contributed by atoms with E-state index < -0.39 is 0 Å². The van der Waals surface area contributed by atoms with Gasteiger partial charge in [-0.1, -0.05) is 35.0 Å². The van der Waals surface area contributed by atoms with E-state index in [4.69, 9.17) is 16.1 Å². The van der Waals surface area contributed by atoms with Crippen molar-refractivity contribution < 1.29 is 9.32 Å². The normalized spacial score (nSPS) is 11.1. The van der Waals surface area contributed by atoms with Crippen molar-refractivity contribution in [1.82, 2.24) is 30.0 Å². The van der Waals surface area contributed by atoms with Crippen LogP contribution in [0, 0.1) is 20.8 Å².